The molecule has 0 aliphatic carbocycles. The van der Waals surface area contributed by atoms with Crippen LogP contribution in [0.3, 0.4) is 0 Å². The first-order chi connectivity index (χ1) is 14.7. The Morgan fingerprint density at radius 2 is 2.19 bits per heavy atom. The molecule has 7 nitrogen and oxygen atoms in total. The number of anilines is 2. The lowest BCUT2D eigenvalue weighted by atomic mass is 10.1. The molecule has 0 saturated carbocycles. The number of nitrogens with zero attached hydrogens (tertiary/aromatic N) is 2. The minimum atomic E-state index is -0.675. The number of aromatic nitrogens is 2. The highest BCUT2D eigenvalue weighted by Crippen LogP contribution is 2.32. The summed E-state index contributed by atoms with van der Waals surface area (Å²) in [4.78, 5) is 17.7. The van der Waals surface area contributed by atoms with Crippen LogP contribution in [0.5, 0.6) is 0 Å². The van der Waals surface area contributed by atoms with E-state index in [9.17, 15) is 9.18 Å². The molecule has 0 unspecified atom stereocenters. The zero-order valence-corrected chi connectivity index (χ0v) is 19.7. The number of carbonyl (C=O) groups excluding carboxylic acids is 1. The van der Waals surface area contributed by atoms with Crippen LogP contribution in [0.2, 0.25) is 0 Å². The van der Waals surface area contributed by atoms with Crippen LogP contribution in [0.25, 0.3) is 11.0 Å². The molecular formula is C22H24FIN4O3. The van der Waals surface area contributed by atoms with E-state index in [1.807, 2.05) is 19.9 Å². The van der Waals surface area contributed by atoms with Gasteiger partial charge in [-0.05, 0) is 73.2 Å². The maximum absolute atomic E-state index is 14.5. The molecule has 31 heavy (non-hydrogen) atoms. The third-order valence-electron chi connectivity index (χ3n) is 5.19. The van der Waals surface area contributed by atoms with E-state index in [1.54, 1.807) is 36.0 Å². The highest BCUT2D eigenvalue weighted by atomic mass is 127. The molecule has 1 aliphatic rings. The van der Waals surface area contributed by atoms with Crippen LogP contribution in [-0.4, -0.2) is 40.5 Å². The maximum Gasteiger partial charge on any atom is 0.255 e. The van der Waals surface area contributed by atoms with E-state index >= 15 is 0 Å². The second-order valence-corrected chi connectivity index (χ2v) is 9.14. The molecule has 1 aromatic carbocycles. The SMILES string of the molecule is Cn1c(Nc2ccc(I)cc2F)c(C(=O)NC[C@H]2CCOC(C)(C)O2)c2cccnc21. The summed E-state index contributed by atoms with van der Waals surface area (Å²) >= 11 is 2.06. The van der Waals surface area contributed by atoms with Gasteiger partial charge in [0.25, 0.3) is 5.91 Å². The van der Waals surface area contributed by atoms with E-state index < -0.39 is 11.6 Å². The smallest absolute Gasteiger partial charge is 0.255 e. The summed E-state index contributed by atoms with van der Waals surface area (Å²) in [5.41, 5.74) is 1.33. The Hall–Kier alpha value is -2.24. The van der Waals surface area contributed by atoms with Crippen LogP contribution < -0.4 is 10.6 Å². The third-order valence-corrected chi connectivity index (χ3v) is 5.86. The molecule has 2 aromatic heterocycles. The first kappa shape index (κ1) is 22.0. The van der Waals surface area contributed by atoms with Gasteiger partial charge in [0.1, 0.15) is 17.3 Å². The van der Waals surface area contributed by atoms with Crippen molar-refractivity contribution in [3.05, 3.63) is 51.5 Å². The van der Waals surface area contributed by atoms with Crippen molar-refractivity contribution >= 4 is 51.0 Å². The van der Waals surface area contributed by atoms with Gasteiger partial charge in [0, 0.05) is 28.7 Å². The summed E-state index contributed by atoms with van der Waals surface area (Å²) < 4.78 is 28.5. The van der Waals surface area contributed by atoms with E-state index in [0.29, 0.717) is 42.0 Å². The monoisotopic (exact) mass is 538 g/mol. The lowest BCUT2D eigenvalue weighted by molar-refractivity contribution is -0.271. The fourth-order valence-electron chi connectivity index (χ4n) is 3.72. The predicted octanol–water partition coefficient (Wildman–Crippen LogP) is 4.33. The summed E-state index contributed by atoms with van der Waals surface area (Å²) in [6.07, 6.45) is 2.21. The van der Waals surface area contributed by atoms with Gasteiger partial charge in [0.2, 0.25) is 0 Å². The third kappa shape index (κ3) is 4.68. The zero-order chi connectivity index (χ0) is 22.2. The molecule has 0 spiro atoms. The zero-order valence-electron chi connectivity index (χ0n) is 17.5. The molecule has 0 bridgehead atoms. The highest BCUT2D eigenvalue weighted by molar-refractivity contribution is 14.1. The summed E-state index contributed by atoms with van der Waals surface area (Å²) in [6.45, 7) is 4.63. The molecular weight excluding hydrogens is 514 g/mol. The van der Waals surface area contributed by atoms with Gasteiger partial charge in [-0.1, -0.05) is 0 Å². The molecule has 3 aromatic rings. The molecule has 1 atom stereocenters. The Morgan fingerprint density at radius 1 is 1.39 bits per heavy atom. The quantitative estimate of drug-likeness (QED) is 0.473. The van der Waals surface area contributed by atoms with Gasteiger partial charge in [-0.25, -0.2) is 9.37 Å². The highest BCUT2D eigenvalue weighted by Gasteiger charge is 2.30. The molecule has 4 rings (SSSR count). The fourth-order valence-corrected chi connectivity index (χ4v) is 4.18. The van der Waals surface area contributed by atoms with Crippen molar-refractivity contribution in [3.8, 4) is 0 Å². The van der Waals surface area contributed by atoms with Gasteiger partial charge in [0.05, 0.1) is 24.0 Å². The Bertz CT molecular complexity index is 1130. The van der Waals surface area contributed by atoms with E-state index in [4.69, 9.17) is 9.47 Å². The van der Waals surface area contributed by atoms with Crippen molar-refractivity contribution in [1.82, 2.24) is 14.9 Å². The average Bonchev–Trinajstić information content (AvgIpc) is 3.00. The molecule has 1 aliphatic heterocycles. The summed E-state index contributed by atoms with van der Waals surface area (Å²) in [7, 11) is 1.79. The second-order valence-electron chi connectivity index (χ2n) is 7.89. The van der Waals surface area contributed by atoms with Gasteiger partial charge in [-0.15, -0.1) is 0 Å². The normalized spacial score (nSPS) is 18.2. The number of rotatable bonds is 5. The van der Waals surface area contributed by atoms with Crippen LogP contribution >= 0.6 is 22.6 Å². The van der Waals surface area contributed by atoms with E-state index in [2.05, 4.69) is 38.2 Å². The molecule has 2 N–H and O–H groups in total. The van der Waals surface area contributed by atoms with E-state index in [0.717, 1.165) is 3.57 Å². The van der Waals surface area contributed by atoms with Crippen molar-refractivity contribution in [2.24, 2.45) is 7.05 Å². The number of nitrogens with one attached hydrogen (secondary N) is 2. The predicted molar refractivity (Wildman–Crippen MR) is 125 cm³/mol. The summed E-state index contributed by atoms with van der Waals surface area (Å²) in [6, 6.07) is 8.51. The first-order valence-electron chi connectivity index (χ1n) is 10.0. The van der Waals surface area contributed by atoms with Gasteiger partial charge < -0.3 is 24.7 Å². The number of hydrogen-bond donors (Lipinski definition) is 2. The molecule has 164 valence electrons. The molecule has 1 amide bonds. The number of fused-ring (bicyclic) bond motifs is 1. The molecule has 9 heteroatoms. The van der Waals surface area contributed by atoms with Crippen molar-refractivity contribution < 1.29 is 18.7 Å². The maximum atomic E-state index is 14.5. The van der Waals surface area contributed by atoms with Crippen LogP contribution in [0.4, 0.5) is 15.9 Å². The number of aryl methyl sites for hydroxylation is 1. The minimum Gasteiger partial charge on any atom is -0.350 e. The second kappa shape index (κ2) is 8.71. The van der Waals surface area contributed by atoms with Gasteiger partial charge >= 0.3 is 0 Å². The van der Waals surface area contributed by atoms with Gasteiger partial charge in [0.15, 0.2) is 5.79 Å². The van der Waals surface area contributed by atoms with Crippen LogP contribution in [0.1, 0.15) is 30.6 Å². The van der Waals surface area contributed by atoms with E-state index in [1.165, 1.54) is 6.07 Å². The number of halogens is 2. The molecule has 0 radical (unpaired) electrons. The van der Waals surface area contributed by atoms with Crippen LogP contribution in [0, 0.1) is 9.39 Å². The number of benzene rings is 1. The van der Waals surface area contributed by atoms with Crippen molar-refractivity contribution in [2.75, 3.05) is 18.5 Å². The number of carbonyl (C=O) groups is 1. The summed E-state index contributed by atoms with van der Waals surface area (Å²) in [5, 5.41) is 6.74. The van der Waals surface area contributed by atoms with Crippen LogP contribution in [-0.2, 0) is 16.5 Å². The van der Waals surface area contributed by atoms with Crippen molar-refractivity contribution in [1.29, 1.82) is 0 Å². The summed E-state index contributed by atoms with van der Waals surface area (Å²) in [5.74, 6) is -0.875. The number of ether oxygens (including phenoxy) is 2. The lowest BCUT2D eigenvalue weighted by Crippen LogP contribution is -2.45. The molecule has 1 saturated heterocycles. The first-order valence-corrected chi connectivity index (χ1v) is 11.1. The topological polar surface area (TPSA) is 77.4 Å². The van der Waals surface area contributed by atoms with Gasteiger partial charge in [-0.3, -0.25) is 4.79 Å². The number of amides is 1. The van der Waals surface area contributed by atoms with Crippen LogP contribution in [0.15, 0.2) is 36.5 Å². The average molecular weight is 538 g/mol. The van der Waals surface area contributed by atoms with Crippen molar-refractivity contribution in [3.63, 3.8) is 0 Å². The number of pyridine rings is 1. The Labute approximate surface area is 193 Å². The fraction of sp³-hybridized carbons (Fsp3) is 0.364. The largest absolute Gasteiger partial charge is 0.350 e. The molecule has 3 heterocycles. The number of hydrogen-bond acceptors (Lipinski definition) is 5. The lowest BCUT2D eigenvalue weighted by Gasteiger charge is -2.36. The minimum absolute atomic E-state index is 0.147. The Balaban J connectivity index is 1.64. The Kier molecular flexibility index (Phi) is 6.18. The van der Waals surface area contributed by atoms with Crippen molar-refractivity contribution in [2.45, 2.75) is 32.2 Å². The van der Waals surface area contributed by atoms with Gasteiger partial charge in [-0.2, -0.15) is 0 Å². The van der Waals surface area contributed by atoms with E-state index in [-0.39, 0.29) is 17.7 Å². The standard InChI is InChI=1S/C22H24FIN4O3/c1-22(2)30-10-8-14(31-22)12-26-21(29)18-15-5-4-9-25-19(15)28(3)20(18)27-17-7-6-13(24)11-16(17)23/h4-7,9,11,14,27H,8,10,12H2,1-3H3,(H,26,29)/t14-/m1/s1. The molecule has 1 fully saturated rings. The Morgan fingerprint density at radius 3 is 2.94 bits per heavy atom.